The second-order valence-corrected chi connectivity index (χ2v) is 5.06. The van der Waals surface area contributed by atoms with Crippen molar-refractivity contribution in [1.29, 1.82) is 0 Å². The molecule has 0 unspecified atom stereocenters. The van der Waals surface area contributed by atoms with Crippen molar-refractivity contribution in [2.24, 2.45) is 0 Å². The van der Waals surface area contributed by atoms with Gasteiger partial charge in [0.25, 0.3) is 0 Å². The topological polar surface area (TPSA) is 73.7 Å². The lowest BCUT2D eigenvalue weighted by atomic mass is 10.3. The first-order valence-corrected chi connectivity index (χ1v) is 6.41. The zero-order chi connectivity index (χ0) is 12.8. The first kappa shape index (κ1) is 14.1. The summed E-state index contributed by atoms with van der Waals surface area (Å²) in [6.07, 6.45) is 1.77. The Labute approximate surface area is 105 Å². The second-order valence-electron chi connectivity index (χ2n) is 3.90. The predicted octanol–water partition coefficient (Wildman–Crippen LogP) is 1.22. The molecule has 0 aliphatic carbocycles. The van der Waals surface area contributed by atoms with Crippen LogP contribution in [0.3, 0.4) is 0 Å². The fourth-order valence-electron chi connectivity index (χ4n) is 1.49. The van der Waals surface area contributed by atoms with E-state index in [0.29, 0.717) is 13.1 Å². The van der Waals surface area contributed by atoms with Crippen molar-refractivity contribution in [3.05, 3.63) is 15.6 Å². The third kappa shape index (κ3) is 4.07. The van der Waals surface area contributed by atoms with Gasteiger partial charge < -0.3 is 10.2 Å². The first-order valence-electron chi connectivity index (χ1n) is 5.59. The molecule has 1 heterocycles. The zero-order valence-electron chi connectivity index (χ0n) is 10.1. The Bertz CT molecular complexity index is 379. The van der Waals surface area contributed by atoms with Crippen LogP contribution in [0.4, 0.5) is 0 Å². The molecule has 1 aromatic rings. The number of hydrogen-bond acceptors (Lipinski definition) is 5. The maximum atomic E-state index is 11.1. The molecule has 96 valence electrons. The van der Waals surface area contributed by atoms with Crippen molar-refractivity contribution < 1.29 is 15.0 Å². The molecular weight excluding hydrogens is 240 g/mol. The normalized spacial score (nSPS) is 11.1. The maximum absolute atomic E-state index is 11.1. The van der Waals surface area contributed by atoms with Gasteiger partial charge >= 0.3 is 5.97 Å². The molecule has 1 aromatic heterocycles. The number of aliphatic hydroxyl groups is 1. The fourth-order valence-corrected chi connectivity index (χ4v) is 2.73. The van der Waals surface area contributed by atoms with Crippen LogP contribution in [0.2, 0.25) is 0 Å². The molecule has 0 atom stereocenters. The molecule has 0 saturated carbocycles. The van der Waals surface area contributed by atoms with E-state index < -0.39 is 5.97 Å². The third-order valence-corrected chi connectivity index (χ3v) is 3.40. The van der Waals surface area contributed by atoms with Crippen LogP contribution in [0.1, 0.15) is 33.7 Å². The van der Waals surface area contributed by atoms with Crippen molar-refractivity contribution >= 4 is 17.3 Å². The number of thiazole rings is 1. The number of aromatic carboxylic acids is 1. The van der Waals surface area contributed by atoms with Gasteiger partial charge in [0.15, 0.2) is 5.69 Å². The molecule has 0 saturated heterocycles. The van der Waals surface area contributed by atoms with E-state index in [2.05, 4.69) is 4.98 Å². The van der Waals surface area contributed by atoms with E-state index in [-0.39, 0.29) is 12.3 Å². The Morgan fingerprint density at radius 3 is 2.76 bits per heavy atom. The van der Waals surface area contributed by atoms with E-state index in [4.69, 9.17) is 10.2 Å². The number of nitrogens with zero attached hydrogens (tertiary/aromatic N) is 2. The fraction of sp³-hybridized carbons (Fsp3) is 0.636. The van der Waals surface area contributed by atoms with Gasteiger partial charge in [0.05, 0.1) is 16.5 Å². The molecule has 1 rings (SSSR count). The Morgan fingerprint density at radius 1 is 1.53 bits per heavy atom. The molecule has 2 N–H and O–H groups in total. The number of carboxylic acid groups (broad SMARTS) is 1. The molecule has 0 bridgehead atoms. The van der Waals surface area contributed by atoms with Crippen molar-refractivity contribution in [2.75, 3.05) is 20.2 Å². The summed E-state index contributed by atoms with van der Waals surface area (Å²) in [4.78, 5) is 17.8. The highest BCUT2D eigenvalue weighted by atomic mass is 32.1. The molecular formula is C11H18N2O3S. The molecule has 6 heteroatoms. The molecule has 0 aliphatic rings. The molecule has 0 radical (unpaired) electrons. The highest BCUT2D eigenvalue weighted by Crippen LogP contribution is 2.21. The standard InChI is InChI=1S/C11H18N2O3S/c1-3-4-9-12-10(11(15)16)8(17-9)7-13(2)5-6-14/h14H,3-7H2,1-2H3,(H,15,16). The smallest absolute Gasteiger partial charge is 0.355 e. The lowest BCUT2D eigenvalue weighted by molar-refractivity contribution is 0.0689. The summed E-state index contributed by atoms with van der Waals surface area (Å²) in [7, 11) is 1.85. The molecule has 0 fully saturated rings. The highest BCUT2D eigenvalue weighted by molar-refractivity contribution is 7.11. The first-order chi connectivity index (χ1) is 8.08. The van der Waals surface area contributed by atoms with Gasteiger partial charge in [-0.1, -0.05) is 6.92 Å². The summed E-state index contributed by atoms with van der Waals surface area (Å²) in [5, 5.41) is 18.8. The van der Waals surface area contributed by atoms with Crippen molar-refractivity contribution in [2.45, 2.75) is 26.3 Å². The van der Waals surface area contributed by atoms with Gasteiger partial charge in [0, 0.05) is 13.1 Å². The summed E-state index contributed by atoms with van der Waals surface area (Å²) in [6.45, 7) is 3.16. The summed E-state index contributed by atoms with van der Waals surface area (Å²) >= 11 is 1.45. The number of rotatable bonds is 7. The molecule has 0 amide bonds. The van der Waals surface area contributed by atoms with E-state index in [0.717, 1.165) is 22.7 Å². The van der Waals surface area contributed by atoms with Crippen LogP contribution in [0.5, 0.6) is 0 Å². The average molecular weight is 258 g/mol. The molecule has 0 aromatic carbocycles. The number of aromatic nitrogens is 1. The van der Waals surface area contributed by atoms with Crippen LogP contribution >= 0.6 is 11.3 Å². The Balaban J connectivity index is 2.84. The SMILES string of the molecule is CCCc1nc(C(=O)O)c(CN(C)CCO)s1. The minimum atomic E-state index is -0.976. The minimum Gasteiger partial charge on any atom is -0.476 e. The Morgan fingerprint density at radius 2 is 2.24 bits per heavy atom. The predicted molar refractivity (Wildman–Crippen MR) is 66.5 cm³/mol. The largest absolute Gasteiger partial charge is 0.476 e. The highest BCUT2D eigenvalue weighted by Gasteiger charge is 2.17. The van der Waals surface area contributed by atoms with Crippen LogP contribution < -0.4 is 0 Å². The van der Waals surface area contributed by atoms with Gasteiger partial charge in [-0.2, -0.15) is 0 Å². The Kier molecular flexibility index (Phi) is 5.54. The maximum Gasteiger partial charge on any atom is 0.355 e. The van der Waals surface area contributed by atoms with Gasteiger partial charge in [-0.3, -0.25) is 4.90 Å². The van der Waals surface area contributed by atoms with Crippen LogP contribution in [-0.4, -0.2) is 46.3 Å². The average Bonchev–Trinajstić information content (AvgIpc) is 2.62. The summed E-state index contributed by atoms with van der Waals surface area (Å²) in [5.41, 5.74) is 0.156. The van der Waals surface area contributed by atoms with Crippen molar-refractivity contribution in [3.8, 4) is 0 Å². The van der Waals surface area contributed by atoms with Gasteiger partial charge in [0.2, 0.25) is 0 Å². The minimum absolute atomic E-state index is 0.0690. The lowest BCUT2D eigenvalue weighted by Crippen LogP contribution is -2.22. The van der Waals surface area contributed by atoms with E-state index in [1.54, 1.807) is 0 Å². The van der Waals surface area contributed by atoms with Crippen molar-refractivity contribution in [3.63, 3.8) is 0 Å². The number of hydrogen-bond donors (Lipinski definition) is 2. The van der Waals surface area contributed by atoms with Crippen molar-refractivity contribution in [1.82, 2.24) is 9.88 Å². The zero-order valence-corrected chi connectivity index (χ0v) is 11.0. The van der Waals surface area contributed by atoms with Gasteiger partial charge in [-0.05, 0) is 19.9 Å². The quantitative estimate of drug-likeness (QED) is 0.769. The van der Waals surface area contributed by atoms with Crippen LogP contribution in [0.25, 0.3) is 0 Å². The number of carboxylic acids is 1. The summed E-state index contributed by atoms with van der Waals surface area (Å²) in [5.74, 6) is -0.976. The van der Waals surface area contributed by atoms with Crippen LogP contribution in [0, 0.1) is 0 Å². The Hall–Kier alpha value is -0.980. The number of aliphatic hydroxyl groups excluding tert-OH is 1. The summed E-state index contributed by atoms with van der Waals surface area (Å²) in [6, 6.07) is 0. The summed E-state index contributed by atoms with van der Waals surface area (Å²) < 4.78 is 0. The molecule has 0 aliphatic heterocycles. The molecule has 0 spiro atoms. The van der Waals surface area contributed by atoms with E-state index in [1.807, 2.05) is 18.9 Å². The third-order valence-electron chi connectivity index (χ3n) is 2.30. The van der Waals surface area contributed by atoms with Gasteiger partial charge in [0.1, 0.15) is 0 Å². The van der Waals surface area contributed by atoms with E-state index >= 15 is 0 Å². The van der Waals surface area contributed by atoms with Gasteiger partial charge in [-0.25, -0.2) is 9.78 Å². The monoisotopic (exact) mass is 258 g/mol. The van der Waals surface area contributed by atoms with Crippen LogP contribution in [-0.2, 0) is 13.0 Å². The van der Waals surface area contributed by atoms with Crippen LogP contribution in [0.15, 0.2) is 0 Å². The van der Waals surface area contributed by atoms with E-state index in [1.165, 1.54) is 11.3 Å². The number of carbonyl (C=O) groups is 1. The lowest BCUT2D eigenvalue weighted by Gasteiger charge is -2.13. The number of likely N-dealkylation sites (N-methyl/N-ethyl adjacent to an activating group) is 1. The molecule has 5 nitrogen and oxygen atoms in total. The van der Waals surface area contributed by atoms with Gasteiger partial charge in [-0.15, -0.1) is 11.3 Å². The number of aryl methyl sites for hydroxylation is 1. The second kappa shape index (κ2) is 6.68. The van der Waals surface area contributed by atoms with E-state index in [9.17, 15) is 4.79 Å². The molecule has 17 heavy (non-hydrogen) atoms.